The number of nitrogens with zero attached hydrogens (tertiary/aromatic N) is 3. The number of aliphatic imine (C=N–C) groups is 1. The van der Waals surface area contributed by atoms with Crippen LogP contribution in [0.4, 0.5) is 5.69 Å². The Kier molecular flexibility index (Phi) is 2.08. The van der Waals surface area contributed by atoms with Crippen LogP contribution in [0.2, 0.25) is 0 Å². The zero-order chi connectivity index (χ0) is 13.1. The average Bonchev–Trinajstić information content (AvgIpc) is 3.18. The Morgan fingerprint density at radius 2 is 1.89 bits per heavy atom. The van der Waals surface area contributed by atoms with Crippen molar-refractivity contribution in [3.63, 3.8) is 0 Å². The van der Waals surface area contributed by atoms with Crippen LogP contribution in [-0.2, 0) is 0 Å². The van der Waals surface area contributed by atoms with Crippen molar-refractivity contribution < 1.29 is 4.79 Å². The first-order valence-electron chi connectivity index (χ1n) is 6.98. The third kappa shape index (κ3) is 1.40. The zero-order valence-electron chi connectivity index (χ0n) is 11.2. The summed E-state index contributed by atoms with van der Waals surface area (Å²) in [6, 6.07) is 8.76. The molecule has 1 amide bonds. The maximum Gasteiger partial charge on any atom is 0.263 e. The van der Waals surface area contributed by atoms with E-state index in [0.29, 0.717) is 6.04 Å². The summed E-state index contributed by atoms with van der Waals surface area (Å²) in [4.78, 5) is 21.5. The number of carbonyl (C=O) groups excluding carboxylic acids is 1. The highest BCUT2D eigenvalue weighted by atomic mass is 16.2. The number of amides is 1. The zero-order valence-corrected chi connectivity index (χ0v) is 11.2. The third-order valence-electron chi connectivity index (χ3n) is 4.38. The second kappa shape index (κ2) is 3.59. The first-order valence-corrected chi connectivity index (χ1v) is 6.98. The lowest BCUT2D eigenvalue weighted by Crippen LogP contribution is -2.53. The number of hydrogen-bond donors (Lipinski definition) is 0. The summed E-state index contributed by atoms with van der Waals surface area (Å²) < 4.78 is 0. The van der Waals surface area contributed by atoms with E-state index in [0.717, 1.165) is 17.2 Å². The SMILES string of the molecule is CC1N=C2N(C(=O)c3ccccc3N2C2CC2)C1C. The van der Waals surface area contributed by atoms with Gasteiger partial charge in [-0.1, -0.05) is 12.1 Å². The Morgan fingerprint density at radius 1 is 1.16 bits per heavy atom. The lowest BCUT2D eigenvalue weighted by Gasteiger charge is -2.38. The summed E-state index contributed by atoms with van der Waals surface area (Å²) >= 11 is 0. The van der Waals surface area contributed by atoms with E-state index in [1.165, 1.54) is 12.8 Å². The molecule has 4 rings (SSSR count). The van der Waals surface area contributed by atoms with E-state index in [2.05, 4.69) is 18.7 Å². The molecule has 0 aromatic heterocycles. The molecule has 1 saturated carbocycles. The van der Waals surface area contributed by atoms with Crippen molar-refractivity contribution in [1.82, 2.24) is 4.90 Å². The van der Waals surface area contributed by atoms with E-state index < -0.39 is 0 Å². The van der Waals surface area contributed by atoms with Gasteiger partial charge in [0.05, 0.1) is 23.3 Å². The largest absolute Gasteiger partial charge is 0.308 e. The van der Waals surface area contributed by atoms with Gasteiger partial charge in [-0.05, 0) is 38.8 Å². The number of rotatable bonds is 1. The number of hydrogen-bond acceptors (Lipinski definition) is 3. The molecule has 4 nitrogen and oxygen atoms in total. The first kappa shape index (κ1) is 11.0. The molecule has 0 radical (unpaired) electrons. The van der Waals surface area contributed by atoms with E-state index in [4.69, 9.17) is 4.99 Å². The summed E-state index contributed by atoms with van der Waals surface area (Å²) in [7, 11) is 0. The summed E-state index contributed by atoms with van der Waals surface area (Å²) in [5.41, 5.74) is 1.85. The van der Waals surface area contributed by atoms with Crippen LogP contribution in [0.3, 0.4) is 0 Å². The fourth-order valence-corrected chi connectivity index (χ4v) is 3.00. The lowest BCUT2D eigenvalue weighted by atomic mass is 10.1. The Bertz CT molecular complexity index is 591. The van der Waals surface area contributed by atoms with Crippen LogP contribution in [-0.4, -0.2) is 34.9 Å². The van der Waals surface area contributed by atoms with Gasteiger partial charge in [0.2, 0.25) is 5.96 Å². The molecule has 19 heavy (non-hydrogen) atoms. The first-order chi connectivity index (χ1) is 9.18. The molecule has 2 aliphatic heterocycles. The summed E-state index contributed by atoms with van der Waals surface area (Å²) in [6.45, 7) is 4.16. The van der Waals surface area contributed by atoms with E-state index in [9.17, 15) is 4.79 Å². The van der Waals surface area contributed by atoms with Crippen LogP contribution in [0.15, 0.2) is 29.3 Å². The molecule has 2 atom stereocenters. The second-order valence-corrected chi connectivity index (χ2v) is 5.70. The van der Waals surface area contributed by atoms with Gasteiger partial charge in [0.25, 0.3) is 5.91 Å². The van der Waals surface area contributed by atoms with Gasteiger partial charge < -0.3 is 4.90 Å². The highest BCUT2D eigenvalue weighted by Crippen LogP contribution is 2.40. The van der Waals surface area contributed by atoms with Gasteiger partial charge in [0, 0.05) is 6.04 Å². The average molecular weight is 255 g/mol. The van der Waals surface area contributed by atoms with Gasteiger partial charge in [-0.2, -0.15) is 0 Å². The lowest BCUT2D eigenvalue weighted by molar-refractivity contribution is 0.0809. The molecule has 3 aliphatic rings. The number of fused-ring (bicyclic) bond motifs is 2. The molecule has 0 saturated heterocycles. The van der Waals surface area contributed by atoms with Gasteiger partial charge in [0.1, 0.15) is 0 Å². The minimum Gasteiger partial charge on any atom is -0.308 e. The van der Waals surface area contributed by atoms with Gasteiger partial charge in [-0.25, -0.2) is 4.99 Å². The van der Waals surface area contributed by atoms with Crippen molar-refractivity contribution in [3.05, 3.63) is 29.8 Å². The van der Waals surface area contributed by atoms with Crippen molar-refractivity contribution in [2.45, 2.75) is 44.8 Å². The fourth-order valence-electron chi connectivity index (χ4n) is 3.00. The van der Waals surface area contributed by atoms with Gasteiger partial charge in [-0.3, -0.25) is 9.69 Å². The molecule has 2 unspecified atom stereocenters. The summed E-state index contributed by atoms with van der Waals surface area (Å²) in [5, 5.41) is 0. The topological polar surface area (TPSA) is 35.9 Å². The standard InChI is InChI=1S/C15H17N3O/c1-9-10(2)17-14(19)12-5-3-4-6-13(12)18(11-7-8-11)15(17)16-9/h3-6,9-11H,7-8H2,1-2H3. The number of guanidine groups is 1. The van der Waals surface area contributed by atoms with E-state index in [-0.39, 0.29) is 18.0 Å². The number of carbonyl (C=O) groups is 1. The summed E-state index contributed by atoms with van der Waals surface area (Å²) in [5.74, 6) is 0.967. The number of para-hydroxylation sites is 1. The molecule has 1 fully saturated rings. The van der Waals surface area contributed by atoms with Gasteiger partial charge in [-0.15, -0.1) is 0 Å². The fraction of sp³-hybridized carbons (Fsp3) is 0.467. The molecule has 0 bridgehead atoms. The Balaban J connectivity index is 1.91. The molecule has 4 heteroatoms. The van der Waals surface area contributed by atoms with E-state index in [1.807, 2.05) is 29.2 Å². The van der Waals surface area contributed by atoms with Crippen molar-refractivity contribution in [2.24, 2.45) is 4.99 Å². The minimum atomic E-state index is 0.100. The van der Waals surface area contributed by atoms with Crippen LogP contribution in [0.25, 0.3) is 0 Å². The Labute approximate surface area is 112 Å². The maximum absolute atomic E-state index is 12.7. The van der Waals surface area contributed by atoms with Crippen LogP contribution in [0.1, 0.15) is 37.0 Å². The predicted octanol–water partition coefficient (Wildman–Crippen LogP) is 2.26. The molecular formula is C15H17N3O. The summed E-state index contributed by atoms with van der Waals surface area (Å²) in [6.07, 6.45) is 2.39. The molecule has 1 aromatic carbocycles. The molecule has 0 spiro atoms. The van der Waals surface area contributed by atoms with Crippen molar-refractivity contribution in [1.29, 1.82) is 0 Å². The Morgan fingerprint density at radius 3 is 2.63 bits per heavy atom. The second-order valence-electron chi connectivity index (χ2n) is 5.70. The minimum absolute atomic E-state index is 0.100. The Hall–Kier alpha value is -1.84. The normalized spacial score (nSPS) is 29.2. The van der Waals surface area contributed by atoms with Gasteiger partial charge >= 0.3 is 0 Å². The molecule has 1 aromatic rings. The molecule has 0 N–H and O–H groups in total. The van der Waals surface area contributed by atoms with Crippen molar-refractivity contribution in [2.75, 3.05) is 4.90 Å². The van der Waals surface area contributed by atoms with E-state index in [1.54, 1.807) is 0 Å². The smallest absolute Gasteiger partial charge is 0.263 e. The van der Waals surface area contributed by atoms with Crippen LogP contribution >= 0.6 is 0 Å². The maximum atomic E-state index is 12.7. The number of benzene rings is 1. The number of anilines is 1. The highest BCUT2D eigenvalue weighted by molar-refractivity contribution is 6.20. The molecular weight excluding hydrogens is 238 g/mol. The third-order valence-corrected chi connectivity index (χ3v) is 4.38. The van der Waals surface area contributed by atoms with Crippen LogP contribution in [0, 0.1) is 0 Å². The highest BCUT2D eigenvalue weighted by Gasteiger charge is 2.47. The molecule has 2 heterocycles. The van der Waals surface area contributed by atoms with E-state index >= 15 is 0 Å². The predicted molar refractivity (Wildman–Crippen MR) is 74.5 cm³/mol. The molecule has 1 aliphatic carbocycles. The van der Waals surface area contributed by atoms with Crippen LogP contribution in [0.5, 0.6) is 0 Å². The monoisotopic (exact) mass is 255 g/mol. The van der Waals surface area contributed by atoms with Crippen LogP contribution < -0.4 is 4.90 Å². The van der Waals surface area contributed by atoms with Crippen molar-refractivity contribution in [3.8, 4) is 0 Å². The van der Waals surface area contributed by atoms with Crippen molar-refractivity contribution >= 4 is 17.6 Å². The quantitative estimate of drug-likeness (QED) is 0.771. The van der Waals surface area contributed by atoms with Gasteiger partial charge in [0.15, 0.2) is 0 Å². The molecule has 98 valence electrons.